The SMILES string of the molecule is CC(N)COCC(C)OCCOCC(C)NC[Si](C)(C)C.CO[Si](C)(C)CCC(C)COCCOC(C)COCC(C)C. The van der Waals surface area contributed by atoms with Gasteiger partial charge in [0.1, 0.15) is 0 Å². The van der Waals surface area contributed by atoms with Crippen LogP contribution in [0.4, 0.5) is 0 Å². The van der Waals surface area contributed by atoms with Gasteiger partial charge in [0, 0.05) is 32.4 Å². The lowest BCUT2D eigenvalue weighted by Gasteiger charge is -2.22. The maximum atomic E-state index is 5.70. The van der Waals surface area contributed by atoms with Crippen molar-refractivity contribution >= 4 is 16.4 Å². The van der Waals surface area contributed by atoms with Gasteiger partial charge in [-0.3, -0.25) is 0 Å². The van der Waals surface area contributed by atoms with Crippen molar-refractivity contribution in [1.29, 1.82) is 0 Å². The minimum atomic E-state index is -1.42. The summed E-state index contributed by atoms with van der Waals surface area (Å²) in [6.07, 6.45) is 2.51. The maximum Gasteiger partial charge on any atom is 0.186 e. The van der Waals surface area contributed by atoms with E-state index in [-0.39, 0.29) is 18.2 Å². The van der Waals surface area contributed by atoms with E-state index in [1.807, 2.05) is 27.9 Å². The van der Waals surface area contributed by atoms with E-state index in [2.05, 4.69) is 65.7 Å². The van der Waals surface area contributed by atoms with E-state index < -0.39 is 16.4 Å². The summed E-state index contributed by atoms with van der Waals surface area (Å²) in [5.41, 5.74) is 5.61. The van der Waals surface area contributed by atoms with Gasteiger partial charge in [-0.15, -0.1) is 0 Å². The average molecular weight is 655 g/mol. The minimum Gasteiger partial charge on any atom is -0.420 e. The monoisotopic (exact) mass is 655 g/mol. The third-order valence-electron chi connectivity index (χ3n) is 6.34. The van der Waals surface area contributed by atoms with Crippen molar-refractivity contribution < 1.29 is 32.8 Å². The number of hydrogen-bond donors (Lipinski definition) is 2. The highest BCUT2D eigenvalue weighted by atomic mass is 28.4. The minimum absolute atomic E-state index is 0.0747. The van der Waals surface area contributed by atoms with Crippen LogP contribution < -0.4 is 11.1 Å². The van der Waals surface area contributed by atoms with Gasteiger partial charge in [-0.1, -0.05) is 40.4 Å². The molecule has 0 aliphatic heterocycles. The summed E-state index contributed by atoms with van der Waals surface area (Å²) >= 11 is 0. The molecule has 11 heteroatoms. The van der Waals surface area contributed by atoms with Crippen molar-refractivity contribution in [3.05, 3.63) is 0 Å². The molecule has 9 nitrogen and oxygen atoms in total. The Morgan fingerprint density at radius 2 is 1.14 bits per heavy atom. The molecule has 0 aromatic heterocycles. The largest absolute Gasteiger partial charge is 0.420 e. The topological polar surface area (TPSA) is 103 Å². The van der Waals surface area contributed by atoms with Crippen LogP contribution >= 0.6 is 0 Å². The number of ether oxygens (including phenoxy) is 6. The Bertz CT molecular complexity index is 611. The van der Waals surface area contributed by atoms with E-state index in [0.29, 0.717) is 64.1 Å². The predicted octanol–water partition coefficient (Wildman–Crippen LogP) is 5.59. The first-order valence-electron chi connectivity index (χ1n) is 16.6. The first-order chi connectivity index (χ1) is 20.0. The van der Waals surface area contributed by atoms with Gasteiger partial charge in [0.15, 0.2) is 8.32 Å². The molecule has 43 heavy (non-hydrogen) atoms. The van der Waals surface area contributed by atoms with Gasteiger partial charge in [0.2, 0.25) is 0 Å². The van der Waals surface area contributed by atoms with Crippen LogP contribution in [-0.4, -0.2) is 120 Å². The Morgan fingerprint density at radius 1 is 0.628 bits per heavy atom. The van der Waals surface area contributed by atoms with E-state index in [0.717, 1.165) is 26.0 Å². The van der Waals surface area contributed by atoms with E-state index in [4.69, 9.17) is 38.6 Å². The Hall–Kier alpha value is 0.0738. The lowest BCUT2D eigenvalue weighted by molar-refractivity contribution is -0.0367. The zero-order valence-corrected chi connectivity index (χ0v) is 32.6. The van der Waals surface area contributed by atoms with Crippen molar-refractivity contribution in [3.8, 4) is 0 Å². The third kappa shape index (κ3) is 36.4. The molecule has 5 unspecified atom stereocenters. The van der Waals surface area contributed by atoms with Crippen molar-refractivity contribution in [2.75, 3.05) is 79.3 Å². The zero-order chi connectivity index (χ0) is 33.3. The molecule has 0 amide bonds. The average Bonchev–Trinajstić information content (AvgIpc) is 2.90. The van der Waals surface area contributed by atoms with Crippen molar-refractivity contribution in [3.63, 3.8) is 0 Å². The molecule has 0 spiro atoms. The molecule has 3 N–H and O–H groups in total. The molecule has 0 bridgehead atoms. The molecule has 0 aliphatic rings. The highest BCUT2D eigenvalue weighted by Gasteiger charge is 2.21. The second kappa shape index (κ2) is 27.2. The molecular formula is C32H74N2O7Si2. The second-order valence-corrected chi connectivity index (χ2v) is 24.3. The van der Waals surface area contributed by atoms with Gasteiger partial charge in [-0.25, -0.2) is 0 Å². The van der Waals surface area contributed by atoms with E-state index in [9.17, 15) is 0 Å². The van der Waals surface area contributed by atoms with Crippen LogP contribution in [0.3, 0.4) is 0 Å². The molecule has 0 saturated heterocycles. The van der Waals surface area contributed by atoms with Crippen molar-refractivity contribution in [2.45, 2.75) is 118 Å². The van der Waals surface area contributed by atoms with Crippen molar-refractivity contribution in [2.24, 2.45) is 17.6 Å². The third-order valence-corrected chi connectivity index (χ3v) is 10.2. The lowest BCUT2D eigenvalue weighted by atomic mass is 10.1. The molecule has 0 rings (SSSR count). The summed E-state index contributed by atoms with van der Waals surface area (Å²) in [6.45, 7) is 32.9. The number of nitrogens with two attached hydrogens (primary N) is 1. The van der Waals surface area contributed by atoms with Gasteiger partial charge < -0.3 is 43.9 Å². The standard InChI is InChI=1S/C17H38O4Si.C15H36N2O3Si/c1-15(2)12-20-14-17(4)21-10-9-19-13-16(3)8-11-22(6,7)18-5;1-13(16)9-19-11-15(3)20-8-7-18-10-14(2)17-12-21(4,5)6/h15-17H,8-14H2,1-7H3;13-15,17H,7-12,16H2,1-6H3. The van der Waals surface area contributed by atoms with Gasteiger partial charge >= 0.3 is 0 Å². The van der Waals surface area contributed by atoms with E-state index in [1.54, 1.807) is 0 Å². The van der Waals surface area contributed by atoms with Crippen LogP contribution in [-0.2, 0) is 32.8 Å². The number of nitrogens with one attached hydrogen (secondary N) is 1. The number of rotatable bonds is 27. The van der Waals surface area contributed by atoms with E-state index in [1.165, 1.54) is 12.5 Å². The van der Waals surface area contributed by atoms with Gasteiger partial charge in [-0.05, 0) is 71.3 Å². The van der Waals surface area contributed by atoms with Gasteiger partial charge in [0.05, 0.1) is 73.1 Å². The fraction of sp³-hybridized carbons (Fsp3) is 1.00. The molecule has 0 saturated carbocycles. The summed E-state index contributed by atoms with van der Waals surface area (Å²) in [5, 5.41) is 3.52. The smallest absolute Gasteiger partial charge is 0.186 e. The first kappa shape index (κ1) is 45.2. The van der Waals surface area contributed by atoms with Crippen LogP contribution in [0.25, 0.3) is 0 Å². The Labute approximate surface area is 269 Å². The van der Waals surface area contributed by atoms with Gasteiger partial charge in [0.25, 0.3) is 0 Å². The second-order valence-electron chi connectivity index (χ2n) is 14.4. The summed E-state index contributed by atoms with van der Waals surface area (Å²) in [6, 6.07) is 1.66. The molecule has 262 valence electrons. The molecule has 0 aliphatic carbocycles. The molecular weight excluding hydrogens is 581 g/mol. The fourth-order valence-electron chi connectivity index (χ4n) is 3.47. The molecule has 0 fully saturated rings. The molecule has 0 aromatic rings. The zero-order valence-electron chi connectivity index (χ0n) is 30.6. The van der Waals surface area contributed by atoms with Crippen LogP contribution in [0, 0.1) is 11.8 Å². The van der Waals surface area contributed by atoms with Crippen LogP contribution in [0.2, 0.25) is 38.8 Å². The highest BCUT2D eigenvalue weighted by Crippen LogP contribution is 2.17. The molecule has 0 radical (unpaired) electrons. The van der Waals surface area contributed by atoms with E-state index >= 15 is 0 Å². The Balaban J connectivity index is 0. The molecule has 5 atom stereocenters. The first-order valence-corrected chi connectivity index (χ1v) is 23.4. The van der Waals surface area contributed by atoms with Crippen LogP contribution in [0.1, 0.15) is 54.9 Å². The van der Waals surface area contributed by atoms with Crippen LogP contribution in [0.5, 0.6) is 0 Å². The Morgan fingerprint density at radius 3 is 1.60 bits per heavy atom. The number of hydrogen-bond acceptors (Lipinski definition) is 9. The predicted molar refractivity (Wildman–Crippen MR) is 186 cm³/mol. The fourth-order valence-corrected chi connectivity index (χ4v) is 5.82. The maximum absolute atomic E-state index is 5.70. The van der Waals surface area contributed by atoms with Crippen molar-refractivity contribution in [1.82, 2.24) is 5.32 Å². The quantitative estimate of drug-likeness (QED) is 0.0868. The summed E-state index contributed by atoms with van der Waals surface area (Å²) in [7, 11) is -0.619. The summed E-state index contributed by atoms with van der Waals surface area (Å²) < 4.78 is 39.1. The molecule has 0 heterocycles. The van der Waals surface area contributed by atoms with Crippen LogP contribution in [0.15, 0.2) is 0 Å². The molecule has 0 aromatic carbocycles. The normalized spacial score (nSPS) is 16.0. The highest BCUT2D eigenvalue weighted by molar-refractivity contribution is 6.76. The van der Waals surface area contributed by atoms with Gasteiger partial charge in [-0.2, -0.15) is 0 Å². The Kier molecular flexibility index (Phi) is 28.6. The lowest BCUT2D eigenvalue weighted by Crippen LogP contribution is -2.42. The summed E-state index contributed by atoms with van der Waals surface area (Å²) in [5.74, 6) is 1.15. The summed E-state index contributed by atoms with van der Waals surface area (Å²) in [4.78, 5) is 0.